The number of benzene rings is 1. The summed E-state index contributed by atoms with van der Waals surface area (Å²) in [6.07, 6.45) is 3.27. The van der Waals surface area contributed by atoms with E-state index in [0.29, 0.717) is 11.8 Å². The van der Waals surface area contributed by atoms with Crippen molar-refractivity contribution in [3.05, 3.63) is 29.6 Å². The molecule has 3 rings (SSSR count). The standard InChI is InChI=1S/C41H72N2O6Si2/c1-26(18-17-19-29-22-31(29)24-34(44)30-20-21-33-32(23-30)42-28(3)43(33)12)37(49-51(15,16)40(7,8)9)27(2)38(47)41(10,11)35(25-36(45)46)48-50(13,14)39(4,5)6/h20-21,23,26-27,29,31,34-35,37,44H,17-19,22,24-25H2,1-16H3,(H,45,46)/t26-,27+,29-,31-,34+,35-,37-/m0/s1. The van der Waals surface area contributed by atoms with Gasteiger partial charge in [-0.15, -0.1) is 0 Å². The number of nitrogens with zero attached hydrogens (tertiary/aromatic N) is 2. The van der Waals surface area contributed by atoms with Crippen LogP contribution in [0.4, 0.5) is 0 Å². The molecule has 1 heterocycles. The fraction of sp³-hybridized carbons (Fsp3) is 0.780. The molecule has 1 aliphatic rings. The Morgan fingerprint density at radius 3 is 2.08 bits per heavy atom. The van der Waals surface area contributed by atoms with Gasteiger partial charge in [0.2, 0.25) is 0 Å². The van der Waals surface area contributed by atoms with E-state index in [1.54, 1.807) is 0 Å². The highest BCUT2D eigenvalue weighted by Crippen LogP contribution is 2.48. The summed E-state index contributed by atoms with van der Waals surface area (Å²) in [5, 5.41) is 20.9. The van der Waals surface area contributed by atoms with Crippen LogP contribution >= 0.6 is 0 Å². The Kier molecular flexibility index (Phi) is 13.5. The molecule has 0 unspecified atom stereocenters. The molecule has 1 aromatic carbocycles. The van der Waals surface area contributed by atoms with Gasteiger partial charge < -0.3 is 23.6 Å². The van der Waals surface area contributed by atoms with Crippen LogP contribution in [0.3, 0.4) is 0 Å². The first-order valence-electron chi connectivity index (χ1n) is 19.3. The number of fused-ring (bicyclic) bond motifs is 1. The average Bonchev–Trinajstić information content (AvgIpc) is 3.66. The van der Waals surface area contributed by atoms with Crippen LogP contribution in [0.5, 0.6) is 0 Å². The number of carbonyl (C=O) groups is 2. The van der Waals surface area contributed by atoms with Crippen LogP contribution in [0.25, 0.3) is 11.0 Å². The summed E-state index contributed by atoms with van der Waals surface area (Å²) in [6.45, 7) is 31.8. The number of ketones is 1. The molecule has 1 aliphatic carbocycles. The maximum atomic E-state index is 14.6. The lowest BCUT2D eigenvalue weighted by Crippen LogP contribution is -2.54. The quantitative estimate of drug-likeness (QED) is 0.146. The zero-order chi connectivity index (χ0) is 39.1. The molecule has 0 bridgehead atoms. The van der Waals surface area contributed by atoms with Gasteiger partial charge in [-0.1, -0.05) is 88.1 Å². The van der Waals surface area contributed by atoms with Crippen molar-refractivity contribution in [2.75, 3.05) is 0 Å². The number of carboxylic acids is 1. The minimum absolute atomic E-state index is 0.0123. The molecule has 0 amide bonds. The zero-order valence-corrected chi connectivity index (χ0v) is 36.9. The summed E-state index contributed by atoms with van der Waals surface area (Å²) >= 11 is 0. The van der Waals surface area contributed by atoms with Gasteiger partial charge in [-0.05, 0) is 97.9 Å². The molecule has 8 nitrogen and oxygen atoms in total. The highest BCUT2D eigenvalue weighted by Gasteiger charge is 2.50. The first kappa shape index (κ1) is 43.5. The van der Waals surface area contributed by atoms with Gasteiger partial charge in [0.1, 0.15) is 11.6 Å². The Morgan fingerprint density at radius 1 is 0.961 bits per heavy atom. The Labute approximate surface area is 311 Å². The number of rotatable bonds is 18. The molecule has 51 heavy (non-hydrogen) atoms. The number of hydrogen-bond acceptors (Lipinski definition) is 6. The maximum absolute atomic E-state index is 14.6. The van der Waals surface area contributed by atoms with Crippen LogP contribution < -0.4 is 0 Å². The van der Waals surface area contributed by atoms with E-state index >= 15 is 0 Å². The first-order valence-corrected chi connectivity index (χ1v) is 25.1. The Morgan fingerprint density at radius 2 is 1.53 bits per heavy atom. The topological polar surface area (TPSA) is 111 Å². The second kappa shape index (κ2) is 15.9. The normalized spacial score (nSPS) is 20.6. The molecular weight excluding hydrogens is 673 g/mol. The number of imidazole rings is 1. The van der Waals surface area contributed by atoms with Crippen LogP contribution in [0.2, 0.25) is 36.3 Å². The number of aliphatic hydroxyl groups excluding tert-OH is 1. The molecule has 1 aromatic heterocycles. The minimum Gasteiger partial charge on any atom is -0.481 e. The number of aryl methyl sites for hydroxylation is 2. The third-order valence-corrected chi connectivity index (χ3v) is 22.0. The molecule has 7 atom stereocenters. The van der Waals surface area contributed by atoms with Crippen molar-refractivity contribution in [2.24, 2.45) is 36.1 Å². The monoisotopic (exact) mass is 744 g/mol. The van der Waals surface area contributed by atoms with Gasteiger partial charge in [0, 0.05) is 18.4 Å². The number of Topliss-reactive ketones (excluding diaryl/α,β-unsaturated/α-hetero) is 1. The van der Waals surface area contributed by atoms with Crippen molar-refractivity contribution in [3.63, 3.8) is 0 Å². The van der Waals surface area contributed by atoms with Crippen LogP contribution in [0.1, 0.15) is 125 Å². The van der Waals surface area contributed by atoms with Crippen LogP contribution in [-0.2, 0) is 25.5 Å². The van der Waals surface area contributed by atoms with Crippen molar-refractivity contribution in [1.82, 2.24) is 9.55 Å². The van der Waals surface area contributed by atoms with E-state index in [0.717, 1.165) is 54.5 Å². The maximum Gasteiger partial charge on any atom is 0.305 e. The molecule has 0 spiro atoms. The van der Waals surface area contributed by atoms with E-state index in [2.05, 4.69) is 90.3 Å². The van der Waals surface area contributed by atoms with Gasteiger partial charge in [0.25, 0.3) is 0 Å². The summed E-state index contributed by atoms with van der Waals surface area (Å²) in [5.41, 5.74) is 1.94. The summed E-state index contributed by atoms with van der Waals surface area (Å²) in [6, 6.07) is 6.12. The van der Waals surface area contributed by atoms with Crippen molar-refractivity contribution < 1.29 is 28.7 Å². The largest absolute Gasteiger partial charge is 0.481 e. The molecule has 1 fully saturated rings. The van der Waals surface area contributed by atoms with Crippen LogP contribution in [-0.4, -0.2) is 60.4 Å². The highest BCUT2D eigenvalue weighted by atomic mass is 28.4. The fourth-order valence-electron chi connectivity index (χ4n) is 7.04. The fourth-order valence-corrected chi connectivity index (χ4v) is 9.96. The summed E-state index contributed by atoms with van der Waals surface area (Å²) in [5.74, 6) is 0.865. The SMILES string of the molecule is Cc1nc2cc([C@H](O)C[C@@H]3C[C@@H]3CCC[C@H](C)[C@H](O[Si](C)(C)C(C)(C)C)[C@@H](C)C(=O)C(C)(C)[C@H](CC(=O)O)O[Si](C)(C)C(C)(C)C)ccc2n1C. The van der Waals surface area contributed by atoms with Gasteiger partial charge >= 0.3 is 5.97 Å². The third kappa shape index (κ3) is 10.4. The predicted octanol–water partition coefficient (Wildman–Crippen LogP) is 10.2. The summed E-state index contributed by atoms with van der Waals surface area (Å²) in [4.78, 5) is 31.3. The van der Waals surface area contributed by atoms with Crippen molar-refractivity contribution in [3.8, 4) is 0 Å². The third-order valence-electron chi connectivity index (χ3n) is 13.1. The molecule has 0 aliphatic heterocycles. The van der Waals surface area contributed by atoms with E-state index in [4.69, 9.17) is 8.85 Å². The van der Waals surface area contributed by atoms with Crippen LogP contribution in [0.15, 0.2) is 18.2 Å². The van der Waals surface area contributed by atoms with Gasteiger partial charge in [0.05, 0.1) is 35.8 Å². The van der Waals surface area contributed by atoms with Gasteiger partial charge in [-0.3, -0.25) is 9.59 Å². The van der Waals surface area contributed by atoms with Crippen molar-refractivity contribution >= 4 is 39.4 Å². The van der Waals surface area contributed by atoms with Crippen molar-refractivity contribution in [2.45, 2.75) is 169 Å². The number of aromatic nitrogens is 2. The molecule has 1 saturated carbocycles. The zero-order valence-electron chi connectivity index (χ0n) is 34.9. The summed E-state index contributed by atoms with van der Waals surface area (Å²) < 4.78 is 15.9. The summed E-state index contributed by atoms with van der Waals surface area (Å²) in [7, 11) is -2.60. The lowest BCUT2D eigenvalue weighted by Gasteiger charge is -2.46. The molecule has 0 saturated heterocycles. The molecule has 10 heteroatoms. The second-order valence-electron chi connectivity index (χ2n) is 19.6. The highest BCUT2D eigenvalue weighted by molar-refractivity contribution is 6.74. The van der Waals surface area contributed by atoms with Crippen LogP contribution in [0, 0.1) is 36.0 Å². The molecule has 2 aromatic rings. The predicted molar refractivity (Wildman–Crippen MR) is 214 cm³/mol. The second-order valence-corrected chi connectivity index (χ2v) is 29.1. The van der Waals surface area contributed by atoms with E-state index < -0.39 is 46.1 Å². The molecular formula is C41H72N2O6Si2. The Bertz CT molecular complexity index is 1520. The van der Waals surface area contributed by atoms with E-state index in [1.165, 1.54) is 0 Å². The number of hydrogen-bond donors (Lipinski definition) is 2. The smallest absolute Gasteiger partial charge is 0.305 e. The van der Waals surface area contributed by atoms with E-state index in [-0.39, 0.29) is 34.3 Å². The first-order chi connectivity index (χ1) is 23.1. The lowest BCUT2D eigenvalue weighted by molar-refractivity contribution is -0.146. The minimum atomic E-state index is -2.37. The number of carboxylic acid groups (broad SMARTS) is 1. The Hall–Kier alpha value is -1.86. The average molecular weight is 745 g/mol. The number of aliphatic carboxylic acids is 1. The molecule has 0 radical (unpaired) electrons. The van der Waals surface area contributed by atoms with E-state index in [1.807, 2.05) is 46.9 Å². The number of aliphatic hydroxyl groups is 1. The lowest BCUT2D eigenvalue weighted by atomic mass is 9.73. The molecule has 290 valence electrons. The van der Waals surface area contributed by atoms with E-state index in [9.17, 15) is 19.8 Å². The van der Waals surface area contributed by atoms with Gasteiger partial charge in [-0.2, -0.15) is 0 Å². The van der Waals surface area contributed by atoms with Crippen molar-refractivity contribution in [1.29, 1.82) is 0 Å². The van der Waals surface area contributed by atoms with Gasteiger partial charge in [0.15, 0.2) is 16.6 Å². The van der Waals surface area contributed by atoms with Gasteiger partial charge in [-0.25, -0.2) is 4.98 Å². The molecule has 2 N–H and O–H groups in total. The Balaban J connectivity index is 1.71. The number of carbonyl (C=O) groups excluding carboxylic acids is 1.